The first-order chi connectivity index (χ1) is 16.6. The number of hydrogen-bond donors (Lipinski definition) is 3. The van der Waals surface area contributed by atoms with E-state index in [0.717, 1.165) is 35.3 Å². The maximum Gasteiger partial charge on any atom is 0.275 e. The molecule has 0 saturated heterocycles. The van der Waals surface area contributed by atoms with Crippen LogP contribution in [-0.2, 0) is 18.4 Å². The number of nitrogens with one attached hydrogen (secondary N) is 3. The standard InChI is InChI=1S/C21H23N9O2/c1-22-20(32)16-18(24-21(27-26-16)25-19(31)11-7-8-11)23-14-6-4-5-13-15-12(10-30(3)28-15)9-29(2)17(13)14/h4-6,10-11H,7-9H2,1-3H3,(H,22,32)(H2,23,24,25,27,31)/i1D3. The Bertz CT molecular complexity index is 1330. The van der Waals surface area contributed by atoms with E-state index in [2.05, 4.69) is 30.9 Å². The minimum Gasteiger partial charge on any atom is -0.368 e. The third kappa shape index (κ3) is 3.51. The third-order valence-corrected chi connectivity index (χ3v) is 5.44. The number of para-hydroxylation sites is 1. The molecule has 3 N–H and O–H groups in total. The largest absolute Gasteiger partial charge is 0.368 e. The normalized spacial score (nSPS) is 16.2. The number of hydrogen-bond acceptors (Lipinski definition) is 8. The van der Waals surface area contributed by atoms with E-state index in [1.807, 2.05) is 42.6 Å². The molecule has 1 fully saturated rings. The summed E-state index contributed by atoms with van der Waals surface area (Å²) in [5.41, 5.74) is 3.92. The summed E-state index contributed by atoms with van der Waals surface area (Å²) in [6, 6.07) is 5.59. The number of nitrogens with zero attached hydrogens (tertiary/aromatic N) is 6. The van der Waals surface area contributed by atoms with Gasteiger partial charge < -0.3 is 15.5 Å². The summed E-state index contributed by atoms with van der Waals surface area (Å²) >= 11 is 0. The molecule has 0 atom stereocenters. The summed E-state index contributed by atoms with van der Waals surface area (Å²) < 4.78 is 23.8. The first-order valence-electron chi connectivity index (χ1n) is 11.6. The molecule has 0 unspecified atom stereocenters. The Hall–Kier alpha value is -4.02. The van der Waals surface area contributed by atoms with Crippen LogP contribution in [-0.4, -0.2) is 50.8 Å². The van der Waals surface area contributed by atoms with Gasteiger partial charge in [-0.3, -0.25) is 19.6 Å². The first-order valence-corrected chi connectivity index (χ1v) is 10.1. The maximum atomic E-state index is 12.7. The van der Waals surface area contributed by atoms with Crippen molar-refractivity contribution in [1.82, 2.24) is 30.3 Å². The van der Waals surface area contributed by atoms with Gasteiger partial charge in [-0.1, -0.05) is 12.1 Å². The Kier molecular flexibility index (Phi) is 3.95. The molecular formula is C21H23N9O2. The van der Waals surface area contributed by atoms with E-state index in [0.29, 0.717) is 12.2 Å². The molecule has 164 valence electrons. The molecule has 0 spiro atoms. The van der Waals surface area contributed by atoms with Crippen LogP contribution in [0.15, 0.2) is 24.4 Å². The van der Waals surface area contributed by atoms with Crippen molar-refractivity contribution in [3.8, 4) is 11.3 Å². The van der Waals surface area contributed by atoms with Crippen molar-refractivity contribution in [1.29, 1.82) is 0 Å². The second kappa shape index (κ2) is 7.59. The van der Waals surface area contributed by atoms with Gasteiger partial charge in [-0.05, 0) is 18.9 Å². The van der Waals surface area contributed by atoms with Crippen LogP contribution >= 0.6 is 0 Å². The van der Waals surface area contributed by atoms with Crippen LogP contribution in [0.3, 0.4) is 0 Å². The van der Waals surface area contributed by atoms with Gasteiger partial charge in [0.15, 0.2) is 11.5 Å². The minimum atomic E-state index is -2.73. The lowest BCUT2D eigenvalue weighted by molar-refractivity contribution is -0.117. The average Bonchev–Trinajstić information content (AvgIpc) is 3.55. The molecule has 1 aliphatic heterocycles. The monoisotopic (exact) mass is 436 g/mol. The summed E-state index contributed by atoms with van der Waals surface area (Å²) in [7, 11) is 3.79. The number of aryl methyl sites for hydroxylation is 1. The van der Waals surface area contributed by atoms with E-state index in [9.17, 15) is 9.59 Å². The van der Waals surface area contributed by atoms with Crippen LogP contribution in [0, 0.1) is 5.92 Å². The number of aromatic nitrogens is 5. The molecule has 11 heteroatoms. The van der Waals surface area contributed by atoms with Crippen LogP contribution in [0.1, 0.15) is 33.0 Å². The average molecular weight is 436 g/mol. The molecule has 0 radical (unpaired) electrons. The fraction of sp³-hybridized carbons (Fsp3) is 0.333. The van der Waals surface area contributed by atoms with Gasteiger partial charge in [0, 0.05) is 55.0 Å². The molecular weight excluding hydrogens is 410 g/mol. The number of rotatable bonds is 5. The van der Waals surface area contributed by atoms with E-state index in [1.54, 1.807) is 10.7 Å². The molecule has 0 bridgehead atoms. The highest BCUT2D eigenvalue weighted by Gasteiger charge is 2.31. The minimum absolute atomic E-state index is 0.0403. The highest BCUT2D eigenvalue weighted by molar-refractivity contribution is 5.99. The van der Waals surface area contributed by atoms with Crippen molar-refractivity contribution in [2.75, 3.05) is 29.6 Å². The zero-order valence-corrected chi connectivity index (χ0v) is 17.5. The van der Waals surface area contributed by atoms with Crippen molar-refractivity contribution >= 4 is 35.0 Å². The summed E-state index contributed by atoms with van der Waals surface area (Å²) in [5, 5.41) is 19.9. The second-order valence-corrected chi connectivity index (χ2v) is 7.91. The molecule has 3 heterocycles. The molecule has 2 aliphatic rings. The van der Waals surface area contributed by atoms with Crippen LogP contribution in [0.2, 0.25) is 0 Å². The molecule has 2 amide bonds. The van der Waals surface area contributed by atoms with Gasteiger partial charge in [0.25, 0.3) is 11.9 Å². The smallest absolute Gasteiger partial charge is 0.275 e. The quantitative estimate of drug-likeness (QED) is 0.551. The van der Waals surface area contributed by atoms with Crippen LogP contribution in [0.4, 0.5) is 23.1 Å². The molecule has 1 saturated carbocycles. The van der Waals surface area contributed by atoms with E-state index in [1.165, 1.54) is 0 Å². The molecule has 11 nitrogen and oxygen atoms in total. The Morgan fingerprint density at radius 3 is 2.84 bits per heavy atom. The molecule has 3 aromatic rings. The van der Waals surface area contributed by atoms with E-state index in [-0.39, 0.29) is 29.3 Å². The van der Waals surface area contributed by atoms with Crippen molar-refractivity contribution < 1.29 is 13.7 Å². The Morgan fingerprint density at radius 1 is 1.22 bits per heavy atom. The Labute approximate surface area is 188 Å². The number of fused-ring (bicyclic) bond motifs is 3. The lowest BCUT2D eigenvalue weighted by atomic mass is 9.99. The molecule has 1 aliphatic carbocycles. The first kappa shape index (κ1) is 16.6. The highest BCUT2D eigenvalue weighted by atomic mass is 16.2. The van der Waals surface area contributed by atoms with Gasteiger partial charge in [0.2, 0.25) is 5.91 Å². The number of benzene rings is 1. The van der Waals surface area contributed by atoms with E-state index >= 15 is 0 Å². The molecule has 1 aromatic carbocycles. The highest BCUT2D eigenvalue weighted by Crippen LogP contribution is 2.43. The van der Waals surface area contributed by atoms with Crippen molar-refractivity contribution in [3.63, 3.8) is 0 Å². The number of carbonyl (C=O) groups excluding carboxylic acids is 2. The van der Waals surface area contributed by atoms with Gasteiger partial charge in [-0.15, -0.1) is 10.2 Å². The summed E-state index contributed by atoms with van der Waals surface area (Å²) in [6.45, 7) is -2.11. The molecule has 32 heavy (non-hydrogen) atoms. The predicted molar refractivity (Wildman–Crippen MR) is 119 cm³/mol. The molecule has 5 rings (SSSR count). The van der Waals surface area contributed by atoms with Gasteiger partial charge in [-0.25, -0.2) is 0 Å². The van der Waals surface area contributed by atoms with Gasteiger partial charge in [0.1, 0.15) is 0 Å². The Balaban J connectivity index is 1.54. The van der Waals surface area contributed by atoms with Gasteiger partial charge in [-0.2, -0.15) is 10.1 Å². The van der Waals surface area contributed by atoms with Crippen molar-refractivity contribution in [2.24, 2.45) is 13.0 Å². The lowest BCUT2D eigenvalue weighted by Crippen LogP contribution is -2.25. The Morgan fingerprint density at radius 2 is 2.06 bits per heavy atom. The number of anilines is 4. The predicted octanol–water partition coefficient (Wildman–Crippen LogP) is 1.67. The summed E-state index contributed by atoms with van der Waals surface area (Å²) in [4.78, 5) is 31.2. The van der Waals surface area contributed by atoms with E-state index in [4.69, 9.17) is 4.11 Å². The third-order valence-electron chi connectivity index (χ3n) is 5.44. The summed E-state index contributed by atoms with van der Waals surface area (Å²) in [6.07, 6.45) is 3.55. The zero-order chi connectivity index (χ0) is 24.9. The van der Waals surface area contributed by atoms with Crippen molar-refractivity contribution in [3.05, 3.63) is 35.7 Å². The lowest BCUT2D eigenvalue weighted by Gasteiger charge is -2.29. The van der Waals surface area contributed by atoms with Crippen LogP contribution < -0.4 is 20.9 Å². The topological polar surface area (TPSA) is 130 Å². The number of amides is 2. The maximum absolute atomic E-state index is 12.7. The fourth-order valence-electron chi connectivity index (χ4n) is 3.82. The summed E-state index contributed by atoms with van der Waals surface area (Å²) in [5.74, 6) is -1.41. The fourth-order valence-corrected chi connectivity index (χ4v) is 3.82. The van der Waals surface area contributed by atoms with Gasteiger partial charge in [0.05, 0.1) is 17.1 Å². The van der Waals surface area contributed by atoms with E-state index < -0.39 is 12.9 Å². The SMILES string of the molecule is [2H]C([2H])([2H])NC(=O)c1nnc(NC(=O)C2CC2)nc1Nc1cccc2c1N(C)Cc1cn(C)nc1-2. The van der Waals surface area contributed by atoms with Crippen molar-refractivity contribution in [2.45, 2.75) is 19.4 Å². The van der Waals surface area contributed by atoms with Gasteiger partial charge >= 0.3 is 0 Å². The van der Waals surface area contributed by atoms with Crippen LogP contribution in [0.25, 0.3) is 11.3 Å². The zero-order valence-electron chi connectivity index (χ0n) is 20.5. The van der Waals surface area contributed by atoms with Crippen LogP contribution in [0.5, 0.6) is 0 Å². The number of carbonyl (C=O) groups is 2. The molecule has 2 aromatic heterocycles. The second-order valence-electron chi connectivity index (χ2n) is 7.91.